The molecular weight excluding hydrogens is 233 g/mol. The third kappa shape index (κ3) is 2.85. The SMILES string of the molecule is Clc1ccc(Cl)c(C2CNCCCO2)c1. The number of halogens is 2. The number of benzene rings is 1. The van der Waals surface area contributed by atoms with Gasteiger partial charge in [0, 0.05) is 28.8 Å². The van der Waals surface area contributed by atoms with Crippen molar-refractivity contribution in [2.45, 2.75) is 12.5 Å². The highest BCUT2D eigenvalue weighted by Crippen LogP contribution is 2.28. The predicted octanol–water partition coefficient (Wildman–Crippen LogP) is 3.04. The molecule has 82 valence electrons. The summed E-state index contributed by atoms with van der Waals surface area (Å²) in [6.07, 6.45) is 1.05. The van der Waals surface area contributed by atoms with Crippen LogP contribution in [-0.4, -0.2) is 19.7 Å². The van der Waals surface area contributed by atoms with Gasteiger partial charge in [0.05, 0.1) is 6.10 Å². The largest absolute Gasteiger partial charge is 0.372 e. The van der Waals surface area contributed by atoms with Gasteiger partial charge >= 0.3 is 0 Å². The van der Waals surface area contributed by atoms with Crippen molar-refractivity contribution in [3.8, 4) is 0 Å². The number of nitrogens with one attached hydrogen (secondary N) is 1. The molecule has 0 spiro atoms. The summed E-state index contributed by atoms with van der Waals surface area (Å²) in [5.74, 6) is 0. The molecule has 1 aromatic rings. The molecule has 2 rings (SSSR count). The van der Waals surface area contributed by atoms with E-state index in [4.69, 9.17) is 27.9 Å². The Hall–Kier alpha value is -0.280. The number of hydrogen-bond donors (Lipinski definition) is 1. The molecule has 0 bridgehead atoms. The summed E-state index contributed by atoms with van der Waals surface area (Å²) in [6.45, 7) is 2.55. The van der Waals surface area contributed by atoms with Crippen molar-refractivity contribution in [3.05, 3.63) is 33.8 Å². The molecule has 1 fully saturated rings. The Morgan fingerprint density at radius 2 is 2.20 bits per heavy atom. The van der Waals surface area contributed by atoms with Crippen molar-refractivity contribution in [3.63, 3.8) is 0 Å². The van der Waals surface area contributed by atoms with Crippen LogP contribution < -0.4 is 5.32 Å². The maximum atomic E-state index is 6.12. The minimum absolute atomic E-state index is 0.0127. The highest BCUT2D eigenvalue weighted by molar-refractivity contribution is 6.33. The molecule has 2 nitrogen and oxygen atoms in total. The molecule has 1 aliphatic rings. The van der Waals surface area contributed by atoms with Crippen LogP contribution in [0.3, 0.4) is 0 Å². The number of hydrogen-bond acceptors (Lipinski definition) is 2. The molecule has 15 heavy (non-hydrogen) atoms. The molecular formula is C11H13Cl2NO. The van der Waals surface area contributed by atoms with Crippen LogP contribution in [0.25, 0.3) is 0 Å². The third-order valence-electron chi connectivity index (χ3n) is 2.45. The molecule has 4 heteroatoms. The molecule has 0 amide bonds. The summed E-state index contributed by atoms with van der Waals surface area (Å²) in [6, 6.07) is 5.48. The van der Waals surface area contributed by atoms with Crippen molar-refractivity contribution < 1.29 is 4.74 Å². The van der Waals surface area contributed by atoms with Crippen molar-refractivity contribution in [2.24, 2.45) is 0 Å². The maximum Gasteiger partial charge on any atom is 0.0964 e. The Bertz CT molecular complexity index is 335. The summed E-state index contributed by atoms with van der Waals surface area (Å²) in [5.41, 5.74) is 0.971. The van der Waals surface area contributed by atoms with Gasteiger partial charge in [-0.3, -0.25) is 0 Å². The van der Waals surface area contributed by atoms with Gasteiger partial charge in [0.15, 0.2) is 0 Å². The van der Waals surface area contributed by atoms with Crippen LogP contribution in [-0.2, 0) is 4.74 Å². The van der Waals surface area contributed by atoms with Gasteiger partial charge in [0.1, 0.15) is 0 Å². The smallest absolute Gasteiger partial charge is 0.0964 e. The molecule has 1 aromatic carbocycles. The fraction of sp³-hybridized carbons (Fsp3) is 0.455. The third-order valence-corrected chi connectivity index (χ3v) is 3.03. The van der Waals surface area contributed by atoms with E-state index in [1.54, 1.807) is 6.07 Å². The Kier molecular flexibility index (Phi) is 3.87. The van der Waals surface area contributed by atoms with E-state index in [0.29, 0.717) is 10.0 Å². The predicted molar refractivity (Wildman–Crippen MR) is 62.6 cm³/mol. The van der Waals surface area contributed by atoms with Crippen LogP contribution in [0.15, 0.2) is 18.2 Å². The summed E-state index contributed by atoms with van der Waals surface area (Å²) in [5, 5.41) is 4.73. The summed E-state index contributed by atoms with van der Waals surface area (Å²) in [7, 11) is 0. The Morgan fingerprint density at radius 1 is 1.33 bits per heavy atom. The van der Waals surface area contributed by atoms with E-state index in [-0.39, 0.29) is 6.10 Å². The second-order valence-corrected chi connectivity index (χ2v) is 4.43. The van der Waals surface area contributed by atoms with Gasteiger partial charge in [0.25, 0.3) is 0 Å². The van der Waals surface area contributed by atoms with Crippen LogP contribution in [0.1, 0.15) is 18.1 Å². The zero-order valence-electron chi connectivity index (χ0n) is 8.30. The van der Waals surface area contributed by atoms with Crippen molar-refractivity contribution >= 4 is 23.2 Å². The minimum atomic E-state index is 0.0127. The Balaban J connectivity index is 2.22. The van der Waals surface area contributed by atoms with Gasteiger partial charge in [-0.15, -0.1) is 0 Å². The molecule has 1 N–H and O–H groups in total. The van der Waals surface area contributed by atoms with Gasteiger partial charge in [-0.25, -0.2) is 0 Å². The highest BCUT2D eigenvalue weighted by Gasteiger charge is 2.17. The average molecular weight is 246 g/mol. The molecule has 0 radical (unpaired) electrons. The lowest BCUT2D eigenvalue weighted by atomic mass is 10.1. The number of ether oxygens (including phenoxy) is 1. The van der Waals surface area contributed by atoms with Gasteiger partial charge in [-0.05, 0) is 31.2 Å². The second kappa shape index (κ2) is 5.17. The van der Waals surface area contributed by atoms with Gasteiger partial charge < -0.3 is 10.1 Å². The molecule has 1 aliphatic heterocycles. The zero-order chi connectivity index (χ0) is 10.7. The number of rotatable bonds is 1. The first-order chi connectivity index (χ1) is 7.27. The minimum Gasteiger partial charge on any atom is -0.372 e. The van der Waals surface area contributed by atoms with E-state index in [1.165, 1.54) is 0 Å². The first-order valence-electron chi connectivity index (χ1n) is 5.04. The van der Waals surface area contributed by atoms with Crippen molar-refractivity contribution in [1.29, 1.82) is 0 Å². The first kappa shape index (κ1) is 11.2. The Labute approximate surface area is 99.5 Å². The zero-order valence-corrected chi connectivity index (χ0v) is 9.81. The topological polar surface area (TPSA) is 21.3 Å². The van der Waals surface area contributed by atoms with Crippen LogP contribution in [0.2, 0.25) is 10.0 Å². The van der Waals surface area contributed by atoms with E-state index < -0.39 is 0 Å². The maximum absolute atomic E-state index is 6.12. The summed E-state index contributed by atoms with van der Waals surface area (Å²) >= 11 is 12.1. The van der Waals surface area contributed by atoms with E-state index in [9.17, 15) is 0 Å². The summed E-state index contributed by atoms with van der Waals surface area (Å²) < 4.78 is 5.72. The lowest BCUT2D eigenvalue weighted by molar-refractivity contribution is 0.0670. The molecule has 1 unspecified atom stereocenters. The van der Waals surface area contributed by atoms with Gasteiger partial charge in [-0.1, -0.05) is 23.2 Å². The van der Waals surface area contributed by atoms with E-state index in [0.717, 1.165) is 31.7 Å². The van der Waals surface area contributed by atoms with Crippen LogP contribution in [0.5, 0.6) is 0 Å². The lowest BCUT2D eigenvalue weighted by Gasteiger charge is -2.16. The second-order valence-electron chi connectivity index (χ2n) is 3.58. The van der Waals surface area contributed by atoms with E-state index >= 15 is 0 Å². The van der Waals surface area contributed by atoms with Crippen LogP contribution >= 0.6 is 23.2 Å². The van der Waals surface area contributed by atoms with Crippen molar-refractivity contribution in [1.82, 2.24) is 5.32 Å². The average Bonchev–Trinajstić information content (AvgIpc) is 2.50. The van der Waals surface area contributed by atoms with Gasteiger partial charge in [-0.2, -0.15) is 0 Å². The van der Waals surface area contributed by atoms with E-state index in [1.807, 2.05) is 12.1 Å². The fourth-order valence-corrected chi connectivity index (χ4v) is 2.10. The molecule has 1 atom stereocenters. The molecule has 1 saturated heterocycles. The van der Waals surface area contributed by atoms with Crippen molar-refractivity contribution in [2.75, 3.05) is 19.7 Å². The monoisotopic (exact) mass is 245 g/mol. The lowest BCUT2D eigenvalue weighted by Crippen LogP contribution is -2.20. The fourth-order valence-electron chi connectivity index (χ4n) is 1.68. The van der Waals surface area contributed by atoms with Crippen LogP contribution in [0, 0.1) is 0 Å². The summed E-state index contributed by atoms with van der Waals surface area (Å²) in [4.78, 5) is 0. The molecule has 0 aliphatic carbocycles. The molecule has 0 aromatic heterocycles. The molecule has 1 heterocycles. The van der Waals surface area contributed by atoms with Crippen LogP contribution in [0.4, 0.5) is 0 Å². The standard InChI is InChI=1S/C11H13Cl2NO/c12-8-2-3-10(13)9(6-8)11-7-14-4-1-5-15-11/h2-3,6,11,14H,1,4-5,7H2. The molecule has 0 saturated carbocycles. The highest BCUT2D eigenvalue weighted by atomic mass is 35.5. The van der Waals surface area contributed by atoms with E-state index in [2.05, 4.69) is 5.32 Å². The Morgan fingerprint density at radius 3 is 3.07 bits per heavy atom. The van der Waals surface area contributed by atoms with Gasteiger partial charge in [0.2, 0.25) is 0 Å². The normalized spacial score (nSPS) is 22.4. The first-order valence-corrected chi connectivity index (χ1v) is 5.80. The quantitative estimate of drug-likeness (QED) is 0.822.